The summed E-state index contributed by atoms with van der Waals surface area (Å²) in [6, 6.07) is 7.89. The fraction of sp³-hybridized carbons (Fsp3) is 0.438. The van der Waals surface area contributed by atoms with Gasteiger partial charge in [-0.2, -0.15) is 0 Å². The average Bonchev–Trinajstić information content (AvgIpc) is 2.84. The first-order valence-corrected chi connectivity index (χ1v) is 7.91. The zero-order valence-corrected chi connectivity index (χ0v) is 13.1. The Hall–Kier alpha value is -1.29. The molecule has 1 aliphatic rings. The van der Waals surface area contributed by atoms with Crippen molar-refractivity contribution >= 4 is 32.8 Å². The van der Waals surface area contributed by atoms with Crippen molar-refractivity contribution in [2.24, 2.45) is 5.92 Å². The smallest absolute Gasteiger partial charge is 0.287 e. The number of rotatable bonds is 2. The molecule has 0 saturated heterocycles. The van der Waals surface area contributed by atoms with E-state index in [4.69, 9.17) is 4.42 Å². The molecular formula is C16H18BrNO2. The molecular weight excluding hydrogens is 318 g/mol. The number of para-hydroxylation sites is 1. The summed E-state index contributed by atoms with van der Waals surface area (Å²) in [5.41, 5.74) is 0.731. The predicted molar refractivity (Wildman–Crippen MR) is 82.8 cm³/mol. The normalized spacial score (nSPS) is 22.9. The molecule has 0 radical (unpaired) electrons. The molecule has 2 aromatic rings. The van der Waals surface area contributed by atoms with Crippen LogP contribution in [0.3, 0.4) is 0 Å². The van der Waals surface area contributed by atoms with Gasteiger partial charge in [-0.15, -0.1) is 0 Å². The first-order valence-electron chi connectivity index (χ1n) is 7.12. The van der Waals surface area contributed by atoms with E-state index in [0.29, 0.717) is 11.7 Å². The largest absolute Gasteiger partial charge is 0.450 e. The number of amides is 1. The molecule has 0 bridgehead atoms. The summed E-state index contributed by atoms with van der Waals surface area (Å²) in [5.74, 6) is 0.983. The van der Waals surface area contributed by atoms with Gasteiger partial charge in [-0.05, 0) is 46.8 Å². The van der Waals surface area contributed by atoms with Crippen molar-refractivity contribution in [1.29, 1.82) is 0 Å². The van der Waals surface area contributed by atoms with Gasteiger partial charge in [0.2, 0.25) is 0 Å². The molecule has 20 heavy (non-hydrogen) atoms. The molecule has 1 N–H and O–H groups in total. The third-order valence-electron chi connectivity index (χ3n) is 3.99. The Balaban J connectivity index is 1.77. The summed E-state index contributed by atoms with van der Waals surface area (Å²) in [6.07, 6.45) is 4.59. The number of furan rings is 1. The minimum atomic E-state index is -0.104. The van der Waals surface area contributed by atoms with Gasteiger partial charge in [0.1, 0.15) is 5.58 Å². The molecule has 0 spiro atoms. The molecule has 1 aromatic carbocycles. The maximum absolute atomic E-state index is 12.3. The molecule has 1 amide bonds. The second-order valence-corrected chi connectivity index (χ2v) is 6.57. The molecule has 4 heteroatoms. The van der Waals surface area contributed by atoms with E-state index < -0.39 is 0 Å². The van der Waals surface area contributed by atoms with Crippen LogP contribution >= 0.6 is 15.9 Å². The highest BCUT2D eigenvalue weighted by molar-refractivity contribution is 9.10. The van der Waals surface area contributed by atoms with E-state index in [2.05, 4.69) is 28.2 Å². The van der Waals surface area contributed by atoms with Crippen LogP contribution in [0.4, 0.5) is 0 Å². The van der Waals surface area contributed by atoms with Gasteiger partial charge >= 0.3 is 0 Å². The summed E-state index contributed by atoms with van der Waals surface area (Å²) in [4.78, 5) is 12.3. The van der Waals surface area contributed by atoms with Crippen molar-refractivity contribution in [3.05, 3.63) is 34.5 Å². The first kappa shape index (κ1) is 13.7. The molecule has 0 aliphatic heterocycles. The van der Waals surface area contributed by atoms with Gasteiger partial charge in [0.15, 0.2) is 5.76 Å². The Morgan fingerprint density at radius 3 is 3.00 bits per heavy atom. The Bertz CT molecular complexity index is 634. The van der Waals surface area contributed by atoms with Crippen molar-refractivity contribution in [2.45, 2.75) is 38.6 Å². The summed E-state index contributed by atoms with van der Waals surface area (Å²) < 4.78 is 6.55. The third-order valence-corrected chi connectivity index (χ3v) is 4.62. The molecule has 1 fully saturated rings. The summed E-state index contributed by atoms with van der Waals surface area (Å²) in [7, 11) is 0. The number of fused-ring (bicyclic) bond motifs is 1. The third kappa shape index (κ3) is 2.75. The van der Waals surface area contributed by atoms with Crippen LogP contribution in [0.5, 0.6) is 0 Å². The summed E-state index contributed by atoms with van der Waals surface area (Å²) in [6.45, 7) is 2.25. The van der Waals surface area contributed by atoms with Crippen LogP contribution in [-0.2, 0) is 0 Å². The lowest BCUT2D eigenvalue weighted by Crippen LogP contribution is -2.37. The topological polar surface area (TPSA) is 42.2 Å². The monoisotopic (exact) mass is 335 g/mol. The van der Waals surface area contributed by atoms with Crippen LogP contribution in [0, 0.1) is 5.92 Å². The summed E-state index contributed by atoms with van der Waals surface area (Å²) in [5, 5.41) is 4.04. The van der Waals surface area contributed by atoms with Crippen LogP contribution in [-0.4, -0.2) is 11.9 Å². The van der Waals surface area contributed by atoms with Crippen LogP contribution in [0.15, 0.2) is 33.2 Å². The lowest BCUT2D eigenvalue weighted by molar-refractivity contribution is 0.0895. The molecule has 2 atom stereocenters. The SMILES string of the molecule is CC1CCCC(NC(=O)c2cc3cccc(Br)c3o2)C1. The number of halogens is 1. The Kier molecular flexibility index (Phi) is 3.83. The lowest BCUT2D eigenvalue weighted by atomic mass is 9.87. The number of hydrogen-bond donors (Lipinski definition) is 1. The highest BCUT2D eigenvalue weighted by atomic mass is 79.9. The van der Waals surface area contributed by atoms with Gasteiger partial charge < -0.3 is 9.73 Å². The van der Waals surface area contributed by atoms with Crippen LogP contribution in [0.25, 0.3) is 11.0 Å². The van der Waals surface area contributed by atoms with E-state index in [1.54, 1.807) is 0 Å². The molecule has 1 aliphatic carbocycles. The fourth-order valence-electron chi connectivity index (χ4n) is 2.96. The molecule has 3 nitrogen and oxygen atoms in total. The number of carbonyl (C=O) groups is 1. The quantitative estimate of drug-likeness (QED) is 0.877. The molecule has 106 valence electrons. The second-order valence-electron chi connectivity index (χ2n) is 5.71. The zero-order valence-electron chi connectivity index (χ0n) is 11.5. The predicted octanol–water partition coefficient (Wildman–Crippen LogP) is 4.50. The Labute approximate surface area is 126 Å². The minimum absolute atomic E-state index is 0.104. The van der Waals surface area contributed by atoms with Gasteiger partial charge in [0, 0.05) is 11.4 Å². The van der Waals surface area contributed by atoms with E-state index in [-0.39, 0.29) is 11.9 Å². The molecule has 3 rings (SSSR count). The van der Waals surface area contributed by atoms with Crippen molar-refractivity contribution in [2.75, 3.05) is 0 Å². The number of nitrogens with one attached hydrogen (secondary N) is 1. The van der Waals surface area contributed by atoms with Crippen molar-refractivity contribution in [1.82, 2.24) is 5.32 Å². The Morgan fingerprint density at radius 1 is 1.40 bits per heavy atom. The van der Waals surface area contributed by atoms with E-state index in [1.165, 1.54) is 12.8 Å². The standard InChI is InChI=1S/C16H18BrNO2/c1-10-4-2-6-12(8-10)18-16(19)14-9-11-5-3-7-13(17)15(11)20-14/h3,5,7,9-10,12H,2,4,6,8H2,1H3,(H,18,19). The maximum atomic E-state index is 12.3. The highest BCUT2D eigenvalue weighted by Crippen LogP contribution is 2.28. The van der Waals surface area contributed by atoms with Gasteiger partial charge in [-0.25, -0.2) is 0 Å². The first-order chi connectivity index (χ1) is 9.63. The minimum Gasteiger partial charge on any atom is -0.450 e. The fourth-order valence-corrected chi connectivity index (χ4v) is 3.42. The lowest BCUT2D eigenvalue weighted by Gasteiger charge is -2.27. The van der Waals surface area contributed by atoms with Gasteiger partial charge in [-0.1, -0.05) is 31.9 Å². The second kappa shape index (κ2) is 5.60. The number of carbonyl (C=O) groups excluding carboxylic acids is 1. The van der Waals surface area contributed by atoms with Crippen molar-refractivity contribution in [3.63, 3.8) is 0 Å². The van der Waals surface area contributed by atoms with E-state index in [0.717, 1.165) is 28.3 Å². The van der Waals surface area contributed by atoms with Crippen LogP contribution in [0.1, 0.15) is 43.2 Å². The van der Waals surface area contributed by atoms with Crippen molar-refractivity contribution in [3.8, 4) is 0 Å². The molecule has 1 aromatic heterocycles. The van der Waals surface area contributed by atoms with Gasteiger partial charge in [0.05, 0.1) is 4.47 Å². The van der Waals surface area contributed by atoms with Crippen LogP contribution < -0.4 is 5.32 Å². The molecule has 2 unspecified atom stereocenters. The average molecular weight is 336 g/mol. The number of benzene rings is 1. The van der Waals surface area contributed by atoms with E-state index in [1.807, 2.05) is 24.3 Å². The van der Waals surface area contributed by atoms with E-state index in [9.17, 15) is 4.79 Å². The van der Waals surface area contributed by atoms with Crippen LogP contribution in [0.2, 0.25) is 0 Å². The van der Waals surface area contributed by atoms with Gasteiger partial charge in [-0.3, -0.25) is 4.79 Å². The summed E-state index contributed by atoms with van der Waals surface area (Å²) >= 11 is 3.44. The molecule has 1 saturated carbocycles. The number of hydrogen-bond acceptors (Lipinski definition) is 2. The van der Waals surface area contributed by atoms with Crippen molar-refractivity contribution < 1.29 is 9.21 Å². The van der Waals surface area contributed by atoms with Gasteiger partial charge in [0.25, 0.3) is 5.91 Å². The van der Waals surface area contributed by atoms with E-state index >= 15 is 0 Å². The highest BCUT2D eigenvalue weighted by Gasteiger charge is 2.22. The zero-order chi connectivity index (χ0) is 14.1. The Morgan fingerprint density at radius 2 is 2.25 bits per heavy atom. The molecule has 1 heterocycles. The maximum Gasteiger partial charge on any atom is 0.287 e.